The quantitative estimate of drug-likeness (QED) is 0.686. The van der Waals surface area contributed by atoms with Crippen LogP contribution in [0, 0.1) is 0 Å². The lowest BCUT2D eigenvalue weighted by atomic mass is 10.2. The molecule has 27 heavy (non-hydrogen) atoms. The first-order valence-corrected chi connectivity index (χ1v) is 8.79. The molecule has 0 aliphatic carbocycles. The zero-order valence-electron chi connectivity index (χ0n) is 15.7. The molecule has 0 aliphatic heterocycles. The first-order chi connectivity index (χ1) is 13.0. The molecule has 0 aliphatic rings. The first kappa shape index (κ1) is 18.5. The van der Waals surface area contributed by atoms with Crippen LogP contribution in [0.15, 0.2) is 60.9 Å². The van der Waals surface area contributed by atoms with Crippen molar-refractivity contribution >= 4 is 11.6 Å². The maximum atomic E-state index is 12.5. The van der Waals surface area contributed by atoms with Gasteiger partial charge in [0, 0.05) is 25.0 Å². The summed E-state index contributed by atoms with van der Waals surface area (Å²) in [5, 5.41) is 2.90. The molecule has 0 unspecified atom stereocenters. The zero-order valence-corrected chi connectivity index (χ0v) is 15.7. The molecule has 6 heteroatoms. The number of benzene rings is 2. The highest BCUT2D eigenvalue weighted by atomic mass is 16.5. The number of nitrogens with one attached hydrogen (secondary N) is 1. The van der Waals surface area contributed by atoms with Gasteiger partial charge in [-0.15, -0.1) is 0 Å². The second-order valence-corrected chi connectivity index (χ2v) is 6.38. The summed E-state index contributed by atoms with van der Waals surface area (Å²) >= 11 is 0. The highest BCUT2D eigenvalue weighted by Gasteiger charge is 2.11. The molecule has 3 rings (SSSR count). The van der Waals surface area contributed by atoms with E-state index in [0.717, 1.165) is 5.82 Å². The standard InChI is InChI=1S/C21H23N3O3/c1-15(2)27-19-7-5-4-6-18(19)23-21(25)16-8-10-17(11-9-16)26-14-20-22-12-13-24(20)3/h4-13,15H,14H2,1-3H3,(H,23,25). The number of hydrogen-bond donors (Lipinski definition) is 1. The van der Waals surface area contributed by atoms with Crippen LogP contribution in [0.1, 0.15) is 30.0 Å². The first-order valence-electron chi connectivity index (χ1n) is 8.79. The summed E-state index contributed by atoms with van der Waals surface area (Å²) in [6, 6.07) is 14.4. The van der Waals surface area contributed by atoms with Gasteiger partial charge in [0.1, 0.15) is 23.9 Å². The van der Waals surface area contributed by atoms with Crippen molar-refractivity contribution in [2.24, 2.45) is 7.05 Å². The van der Waals surface area contributed by atoms with E-state index in [-0.39, 0.29) is 12.0 Å². The number of hydrogen-bond acceptors (Lipinski definition) is 4. The van der Waals surface area contributed by atoms with E-state index in [0.29, 0.717) is 29.4 Å². The number of amides is 1. The Bertz CT molecular complexity index is 901. The third-order valence-corrected chi connectivity index (χ3v) is 3.90. The van der Waals surface area contributed by atoms with E-state index in [1.165, 1.54) is 0 Å². The summed E-state index contributed by atoms with van der Waals surface area (Å²) in [6.07, 6.45) is 3.62. The van der Waals surface area contributed by atoms with Crippen LogP contribution in [0.25, 0.3) is 0 Å². The largest absolute Gasteiger partial charge is 0.489 e. The van der Waals surface area contributed by atoms with Crippen LogP contribution in [0.4, 0.5) is 5.69 Å². The fraction of sp³-hybridized carbons (Fsp3) is 0.238. The van der Waals surface area contributed by atoms with Crippen LogP contribution >= 0.6 is 0 Å². The van der Waals surface area contributed by atoms with Crippen molar-refractivity contribution in [2.75, 3.05) is 5.32 Å². The molecule has 1 N–H and O–H groups in total. The molecule has 140 valence electrons. The average molecular weight is 365 g/mol. The summed E-state index contributed by atoms with van der Waals surface area (Å²) < 4.78 is 13.3. The van der Waals surface area contributed by atoms with Gasteiger partial charge >= 0.3 is 0 Å². The van der Waals surface area contributed by atoms with Gasteiger partial charge in [0.2, 0.25) is 0 Å². The lowest BCUT2D eigenvalue weighted by molar-refractivity contribution is 0.102. The number of anilines is 1. The molecule has 3 aromatic rings. The van der Waals surface area contributed by atoms with Gasteiger partial charge < -0.3 is 19.4 Å². The van der Waals surface area contributed by atoms with Gasteiger partial charge in [0.25, 0.3) is 5.91 Å². The molecule has 0 fully saturated rings. The summed E-state index contributed by atoms with van der Waals surface area (Å²) in [5.41, 5.74) is 1.19. The predicted octanol–water partition coefficient (Wildman–Crippen LogP) is 4.04. The Kier molecular flexibility index (Phi) is 5.76. The van der Waals surface area contributed by atoms with E-state index in [1.54, 1.807) is 30.5 Å². The maximum absolute atomic E-state index is 12.5. The molecule has 0 radical (unpaired) electrons. The number of ether oxygens (including phenoxy) is 2. The highest BCUT2D eigenvalue weighted by Crippen LogP contribution is 2.25. The van der Waals surface area contributed by atoms with E-state index in [9.17, 15) is 4.79 Å². The van der Waals surface area contributed by atoms with Crippen molar-refractivity contribution in [3.8, 4) is 11.5 Å². The van der Waals surface area contributed by atoms with Crippen LogP contribution in [-0.2, 0) is 13.7 Å². The van der Waals surface area contributed by atoms with E-state index < -0.39 is 0 Å². The molecule has 0 spiro atoms. The van der Waals surface area contributed by atoms with Gasteiger partial charge in [0.05, 0.1) is 11.8 Å². The number of nitrogens with zero attached hydrogens (tertiary/aromatic N) is 2. The Morgan fingerprint density at radius 3 is 2.56 bits per heavy atom. The van der Waals surface area contributed by atoms with Crippen molar-refractivity contribution in [2.45, 2.75) is 26.6 Å². The Morgan fingerprint density at radius 1 is 1.15 bits per heavy atom. The third-order valence-electron chi connectivity index (χ3n) is 3.90. The Balaban J connectivity index is 1.63. The summed E-state index contributed by atoms with van der Waals surface area (Å²) in [5.74, 6) is 1.96. The van der Waals surface area contributed by atoms with Gasteiger partial charge in [-0.05, 0) is 50.2 Å². The number of aryl methyl sites for hydroxylation is 1. The van der Waals surface area contributed by atoms with Gasteiger partial charge in [-0.3, -0.25) is 4.79 Å². The molecule has 2 aromatic carbocycles. The molecule has 6 nitrogen and oxygen atoms in total. The molecular formula is C21H23N3O3. The number of imidazole rings is 1. The summed E-state index contributed by atoms with van der Waals surface area (Å²) in [7, 11) is 1.92. The third kappa shape index (κ3) is 4.88. The van der Waals surface area contributed by atoms with Crippen molar-refractivity contribution in [1.29, 1.82) is 0 Å². The number of para-hydroxylation sites is 2. The fourth-order valence-corrected chi connectivity index (χ4v) is 2.51. The molecule has 1 aromatic heterocycles. The van der Waals surface area contributed by atoms with Crippen molar-refractivity contribution in [1.82, 2.24) is 9.55 Å². The summed E-state index contributed by atoms with van der Waals surface area (Å²) in [6.45, 7) is 4.26. The molecule has 0 bridgehead atoms. The van der Waals surface area contributed by atoms with Gasteiger partial charge in [0.15, 0.2) is 0 Å². The Morgan fingerprint density at radius 2 is 1.89 bits per heavy atom. The van der Waals surface area contributed by atoms with Crippen LogP contribution < -0.4 is 14.8 Å². The van der Waals surface area contributed by atoms with Crippen molar-refractivity contribution in [3.05, 3.63) is 72.3 Å². The molecule has 1 amide bonds. The zero-order chi connectivity index (χ0) is 19.2. The van der Waals surface area contributed by atoms with E-state index >= 15 is 0 Å². The number of rotatable bonds is 7. The second kappa shape index (κ2) is 8.40. The molecule has 1 heterocycles. The fourth-order valence-electron chi connectivity index (χ4n) is 2.51. The van der Waals surface area contributed by atoms with Crippen LogP contribution in [0.2, 0.25) is 0 Å². The minimum atomic E-state index is -0.203. The number of aromatic nitrogens is 2. The Labute approximate surface area is 158 Å². The van der Waals surface area contributed by atoms with E-state index in [4.69, 9.17) is 9.47 Å². The molecule has 0 saturated heterocycles. The van der Waals surface area contributed by atoms with Crippen LogP contribution in [0.3, 0.4) is 0 Å². The monoisotopic (exact) mass is 365 g/mol. The molecule has 0 saturated carbocycles. The molecule has 0 atom stereocenters. The number of carbonyl (C=O) groups excluding carboxylic acids is 1. The minimum absolute atomic E-state index is 0.0261. The predicted molar refractivity (Wildman–Crippen MR) is 104 cm³/mol. The average Bonchev–Trinajstić information content (AvgIpc) is 3.06. The van der Waals surface area contributed by atoms with Crippen LogP contribution in [0.5, 0.6) is 11.5 Å². The lowest BCUT2D eigenvalue weighted by Crippen LogP contribution is -2.14. The SMILES string of the molecule is CC(C)Oc1ccccc1NC(=O)c1ccc(OCc2nccn2C)cc1. The van der Waals surface area contributed by atoms with Gasteiger partial charge in [-0.2, -0.15) is 0 Å². The lowest BCUT2D eigenvalue weighted by Gasteiger charge is -2.15. The van der Waals surface area contributed by atoms with Crippen LogP contribution in [-0.4, -0.2) is 21.6 Å². The summed E-state index contributed by atoms with van der Waals surface area (Å²) in [4.78, 5) is 16.7. The minimum Gasteiger partial charge on any atom is -0.489 e. The van der Waals surface area contributed by atoms with Crippen molar-refractivity contribution < 1.29 is 14.3 Å². The van der Waals surface area contributed by atoms with E-state index in [2.05, 4.69) is 10.3 Å². The Hall–Kier alpha value is -3.28. The van der Waals surface area contributed by atoms with E-state index in [1.807, 2.05) is 55.9 Å². The van der Waals surface area contributed by atoms with Crippen molar-refractivity contribution in [3.63, 3.8) is 0 Å². The topological polar surface area (TPSA) is 65.4 Å². The normalized spacial score (nSPS) is 10.7. The highest BCUT2D eigenvalue weighted by molar-refractivity contribution is 6.05. The second-order valence-electron chi connectivity index (χ2n) is 6.38. The number of carbonyl (C=O) groups is 1. The smallest absolute Gasteiger partial charge is 0.255 e. The molecular weight excluding hydrogens is 342 g/mol. The van der Waals surface area contributed by atoms with Gasteiger partial charge in [-0.1, -0.05) is 12.1 Å². The van der Waals surface area contributed by atoms with Gasteiger partial charge in [-0.25, -0.2) is 4.98 Å². The maximum Gasteiger partial charge on any atom is 0.255 e.